The molecule has 0 bridgehead atoms. The van der Waals surface area contributed by atoms with Crippen molar-refractivity contribution in [2.45, 2.75) is 39.8 Å². The van der Waals surface area contributed by atoms with Crippen molar-refractivity contribution in [1.29, 1.82) is 0 Å². The van der Waals surface area contributed by atoms with E-state index in [9.17, 15) is 9.59 Å². The summed E-state index contributed by atoms with van der Waals surface area (Å²) < 4.78 is 4.65. The maximum absolute atomic E-state index is 10.8. The van der Waals surface area contributed by atoms with E-state index in [4.69, 9.17) is 0 Å². The molecule has 0 unspecified atom stereocenters. The van der Waals surface area contributed by atoms with Crippen LogP contribution in [0.4, 0.5) is 9.59 Å². The minimum absolute atomic E-state index is 0.0505. The predicted octanol–water partition coefficient (Wildman–Crippen LogP) is 1.17. The fourth-order valence-corrected chi connectivity index (χ4v) is 0.591. The van der Waals surface area contributed by atoms with E-state index in [1.165, 1.54) is 0 Å². The summed E-state index contributed by atoms with van der Waals surface area (Å²) >= 11 is 0. The van der Waals surface area contributed by atoms with Gasteiger partial charge in [0.1, 0.15) is 0 Å². The molecule has 14 heavy (non-hydrogen) atoms. The first kappa shape index (κ1) is 12.5. The lowest BCUT2D eigenvalue weighted by Crippen LogP contribution is -2.37. The molecule has 0 aliphatic heterocycles. The van der Waals surface area contributed by atoms with E-state index in [-0.39, 0.29) is 12.1 Å². The van der Waals surface area contributed by atoms with Crippen molar-refractivity contribution in [3.05, 3.63) is 0 Å². The van der Waals surface area contributed by atoms with Crippen LogP contribution in [-0.2, 0) is 9.57 Å². The van der Waals surface area contributed by atoms with Crippen LogP contribution in [0.3, 0.4) is 0 Å². The Kier molecular flexibility index (Phi) is 5.43. The molecule has 0 aromatic rings. The van der Waals surface area contributed by atoms with Gasteiger partial charge in [-0.3, -0.25) is 0 Å². The van der Waals surface area contributed by atoms with Gasteiger partial charge < -0.3 is 14.9 Å². The first-order valence-electron chi connectivity index (χ1n) is 4.35. The predicted molar refractivity (Wildman–Crippen MR) is 49.5 cm³/mol. The van der Waals surface area contributed by atoms with Gasteiger partial charge in [-0.1, -0.05) is 0 Å². The van der Waals surface area contributed by atoms with Gasteiger partial charge in [0.2, 0.25) is 0 Å². The summed E-state index contributed by atoms with van der Waals surface area (Å²) in [5, 5.41) is 2.42. The number of ether oxygens (including phenoxy) is 1. The summed E-state index contributed by atoms with van der Waals surface area (Å²) in [6.45, 7) is 6.92. The van der Waals surface area contributed by atoms with E-state index < -0.39 is 12.2 Å². The molecule has 0 heterocycles. The van der Waals surface area contributed by atoms with E-state index in [2.05, 4.69) is 14.9 Å². The second-order valence-electron chi connectivity index (χ2n) is 3.24. The molecule has 0 aliphatic rings. The molecule has 0 aliphatic carbocycles. The fourth-order valence-electron chi connectivity index (χ4n) is 0.591. The SMILES string of the molecule is CC(C)NC(=O)ONC(=O)OC(C)C. The van der Waals surface area contributed by atoms with Crippen LogP contribution in [0.5, 0.6) is 0 Å². The number of hydrogen-bond acceptors (Lipinski definition) is 4. The molecule has 2 amide bonds. The molecule has 6 heteroatoms. The largest absolute Gasteiger partial charge is 0.445 e. The molecule has 0 radical (unpaired) electrons. The van der Waals surface area contributed by atoms with Crippen LogP contribution in [0.1, 0.15) is 27.7 Å². The van der Waals surface area contributed by atoms with Gasteiger partial charge in [-0.2, -0.15) is 0 Å². The second-order valence-corrected chi connectivity index (χ2v) is 3.24. The number of nitrogens with one attached hydrogen (secondary N) is 2. The lowest BCUT2D eigenvalue weighted by Gasteiger charge is -2.10. The highest BCUT2D eigenvalue weighted by Crippen LogP contribution is 1.88. The molecule has 0 aromatic carbocycles. The Balaban J connectivity index is 3.61. The molecule has 2 N–H and O–H groups in total. The maximum atomic E-state index is 10.8. The summed E-state index contributed by atoms with van der Waals surface area (Å²) in [7, 11) is 0. The topological polar surface area (TPSA) is 76.7 Å². The standard InChI is InChI=1S/C8H16N2O4/c1-5(2)9-7(11)14-10-8(12)13-6(3)4/h5-6H,1-4H3,(H,9,11)(H,10,12). The molecular formula is C8H16N2O4. The van der Waals surface area contributed by atoms with Gasteiger partial charge in [-0.05, 0) is 27.7 Å². The van der Waals surface area contributed by atoms with Crippen LogP contribution < -0.4 is 10.8 Å². The third kappa shape index (κ3) is 7.20. The molecule has 0 saturated heterocycles. The average molecular weight is 204 g/mol. The van der Waals surface area contributed by atoms with Crippen molar-refractivity contribution in [2.75, 3.05) is 0 Å². The van der Waals surface area contributed by atoms with Crippen molar-refractivity contribution in [3.63, 3.8) is 0 Å². The van der Waals surface area contributed by atoms with Gasteiger partial charge in [0.25, 0.3) is 0 Å². The Labute approximate surface area is 82.9 Å². The highest BCUT2D eigenvalue weighted by molar-refractivity contribution is 5.72. The number of amides is 2. The van der Waals surface area contributed by atoms with Gasteiger partial charge in [0.15, 0.2) is 0 Å². The summed E-state index contributed by atoms with van der Waals surface area (Å²) in [4.78, 5) is 26.0. The highest BCUT2D eigenvalue weighted by Gasteiger charge is 2.09. The van der Waals surface area contributed by atoms with Gasteiger partial charge in [-0.25, -0.2) is 9.59 Å². The molecule has 0 atom stereocenters. The Morgan fingerprint density at radius 2 is 1.64 bits per heavy atom. The number of rotatable bonds is 2. The van der Waals surface area contributed by atoms with Crippen LogP contribution >= 0.6 is 0 Å². The molecule has 0 spiro atoms. The Hall–Kier alpha value is -1.46. The second kappa shape index (κ2) is 6.06. The minimum Gasteiger partial charge on any atom is -0.445 e. The lowest BCUT2D eigenvalue weighted by atomic mass is 10.4. The molecule has 82 valence electrons. The molecule has 0 saturated carbocycles. The third-order valence-corrected chi connectivity index (χ3v) is 0.976. The summed E-state index contributed by atoms with van der Waals surface area (Å²) in [6, 6.07) is -0.0505. The first-order valence-corrected chi connectivity index (χ1v) is 4.35. The van der Waals surface area contributed by atoms with Gasteiger partial charge >= 0.3 is 12.2 Å². The van der Waals surface area contributed by atoms with Gasteiger partial charge in [0.05, 0.1) is 6.10 Å². The first-order chi connectivity index (χ1) is 6.41. The third-order valence-electron chi connectivity index (χ3n) is 0.976. The van der Waals surface area contributed by atoms with Crippen LogP contribution in [0.2, 0.25) is 0 Å². The van der Waals surface area contributed by atoms with E-state index >= 15 is 0 Å². The Morgan fingerprint density at radius 3 is 2.07 bits per heavy atom. The number of carbonyl (C=O) groups excluding carboxylic acids is 2. The Morgan fingerprint density at radius 1 is 1.07 bits per heavy atom. The zero-order chi connectivity index (χ0) is 11.1. The minimum atomic E-state index is -0.793. The van der Waals surface area contributed by atoms with Gasteiger partial charge in [0, 0.05) is 6.04 Å². The van der Waals surface area contributed by atoms with Crippen LogP contribution in [0.15, 0.2) is 0 Å². The fraction of sp³-hybridized carbons (Fsp3) is 0.750. The number of hydroxylamine groups is 1. The van der Waals surface area contributed by atoms with E-state index in [1.54, 1.807) is 27.7 Å². The van der Waals surface area contributed by atoms with E-state index in [1.807, 2.05) is 5.48 Å². The zero-order valence-corrected chi connectivity index (χ0v) is 8.79. The normalized spacial score (nSPS) is 9.86. The van der Waals surface area contributed by atoms with Crippen molar-refractivity contribution >= 4 is 12.2 Å². The van der Waals surface area contributed by atoms with Crippen LogP contribution in [0.25, 0.3) is 0 Å². The van der Waals surface area contributed by atoms with E-state index in [0.29, 0.717) is 0 Å². The van der Waals surface area contributed by atoms with Crippen molar-refractivity contribution in [2.24, 2.45) is 0 Å². The smallest absolute Gasteiger partial charge is 0.441 e. The number of carbonyl (C=O) groups is 2. The summed E-state index contributed by atoms with van der Waals surface area (Å²) in [6.07, 6.45) is -1.77. The number of hydrogen-bond donors (Lipinski definition) is 2. The van der Waals surface area contributed by atoms with E-state index in [0.717, 1.165) is 0 Å². The van der Waals surface area contributed by atoms with Gasteiger partial charge in [-0.15, -0.1) is 5.48 Å². The highest BCUT2D eigenvalue weighted by atomic mass is 16.7. The van der Waals surface area contributed by atoms with Crippen molar-refractivity contribution in [3.8, 4) is 0 Å². The summed E-state index contributed by atoms with van der Waals surface area (Å²) in [5.74, 6) is 0. The Bertz CT molecular complexity index is 182. The van der Waals surface area contributed by atoms with Crippen LogP contribution in [-0.4, -0.2) is 24.3 Å². The molecule has 0 aromatic heterocycles. The molecular weight excluding hydrogens is 188 g/mol. The quantitative estimate of drug-likeness (QED) is 0.662. The maximum Gasteiger partial charge on any atom is 0.441 e. The lowest BCUT2D eigenvalue weighted by molar-refractivity contribution is 0.0489. The van der Waals surface area contributed by atoms with Crippen LogP contribution in [0, 0.1) is 0 Å². The zero-order valence-electron chi connectivity index (χ0n) is 8.79. The molecule has 0 fully saturated rings. The molecule has 0 rings (SSSR count). The van der Waals surface area contributed by atoms with Crippen molar-refractivity contribution in [1.82, 2.24) is 10.8 Å². The summed E-state index contributed by atoms with van der Waals surface area (Å²) in [5.41, 5.74) is 1.85. The molecule has 6 nitrogen and oxygen atoms in total. The van der Waals surface area contributed by atoms with Crippen molar-refractivity contribution < 1.29 is 19.2 Å². The monoisotopic (exact) mass is 204 g/mol. The average Bonchev–Trinajstić information content (AvgIpc) is 1.98.